The first kappa shape index (κ1) is 82.1. The van der Waals surface area contributed by atoms with E-state index >= 15 is 0 Å². The summed E-state index contributed by atoms with van der Waals surface area (Å²) in [6, 6.07) is -0.869. The van der Waals surface area contributed by atoms with Crippen molar-refractivity contribution in [3.63, 3.8) is 0 Å². The van der Waals surface area contributed by atoms with Crippen LogP contribution in [0.4, 0.5) is 0 Å². The van der Waals surface area contributed by atoms with Crippen LogP contribution in [0.5, 0.6) is 0 Å². The van der Waals surface area contributed by atoms with E-state index in [9.17, 15) is 19.0 Å². The molecule has 9 nitrogen and oxygen atoms in total. The molecule has 0 aromatic rings. The van der Waals surface area contributed by atoms with Crippen molar-refractivity contribution in [2.45, 2.75) is 296 Å². The maximum Gasteiger partial charge on any atom is 0.472 e. The summed E-state index contributed by atoms with van der Waals surface area (Å²) in [5.41, 5.74) is 0. The highest BCUT2D eigenvalue weighted by Crippen LogP contribution is 2.43. The zero-order valence-corrected chi connectivity index (χ0v) is 57.2. The molecule has 86 heavy (non-hydrogen) atoms. The number of carbonyl (C=O) groups excluding carboxylic acids is 2. The smallest absolute Gasteiger partial charge is 0.456 e. The zero-order valence-electron chi connectivity index (χ0n) is 56.3. The molecule has 0 spiro atoms. The quantitative estimate of drug-likeness (QED) is 0.0205. The van der Waals surface area contributed by atoms with E-state index in [0.717, 1.165) is 148 Å². The highest BCUT2D eigenvalue weighted by Gasteiger charge is 2.30. The second kappa shape index (κ2) is 64.1. The van der Waals surface area contributed by atoms with Gasteiger partial charge in [-0.25, -0.2) is 4.57 Å². The van der Waals surface area contributed by atoms with Crippen LogP contribution in [0.3, 0.4) is 0 Å². The highest BCUT2D eigenvalue weighted by molar-refractivity contribution is 7.47. The minimum Gasteiger partial charge on any atom is -0.456 e. The van der Waals surface area contributed by atoms with Gasteiger partial charge in [0.05, 0.1) is 33.8 Å². The first-order chi connectivity index (χ1) is 41.9. The fraction of sp³-hybridized carbons (Fsp3) is 0.684. The number of unbranched alkanes of at least 4 members (excludes halogenated alkanes) is 26. The van der Waals surface area contributed by atoms with E-state index in [2.05, 4.69) is 148 Å². The number of rotatable bonds is 62. The molecule has 1 amide bonds. The Balaban J connectivity index is 5.12. The number of carbonyl (C=O) groups is 2. The Hall–Kier alpha value is -3.85. The van der Waals surface area contributed by atoms with E-state index < -0.39 is 20.0 Å². The van der Waals surface area contributed by atoms with Gasteiger partial charge in [-0.3, -0.25) is 18.6 Å². The van der Waals surface area contributed by atoms with E-state index in [1.165, 1.54) is 96.3 Å². The second-order valence-electron chi connectivity index (χ2n) is 24.3. The molecule has 0 aliphatic rings. The molecule has 0 aliphatic carbocycles. The predicted octanol–water partition coefficient (Wildman–Crippen LogP) is 22.4. The molecule has 3 unspecified atom stereocenters. The molecule has 0 aromatic carbocycles. The number of esters is 1. The fourth-order valence-corrected chi connectivity index (χ4v) is 10.3. The summed E-state index contributed by atoms with van der Waals surface area (Å²) in [4.78, 5) is 37.9. The minimum atomic E-state index is -4.47. The van der Waals surface area contributed by atoms with Gasteiger partial charge in [-0.15, -0.1) is 0 Å². The molecule has 10 heteroatoms. The summed E-state index contributed by atoms with van der Waals surface area (Å²) < 4.78 is 30.8. The topological polar surface area (TPSA) is 111 Å². The number of allylic oxidation sites excluding steroid dienone is 21. The Kier molecular flexibility index (Phi) is 61.3. The number of quaternary nitrogens is 1. The number of likely N-dealkylation sites (N-methyl/N-ethyl adjacent to an activating group) is 1. The SMILES string of the molecule is CC/C=C\C/C=C\C/C=C\C/C=C\C/C=C\CCCCCCCCCCCCCC(=O)NC(COP(=O)(O)OCC[N+](C)(C)C)C(/C=C\CCCCCCCCCCCC)OC(=O)CCCCCCC/C=C\C/C=C\C/C=C\C/C=C\C/C=C\CC. The van der Waals surface area contributed by atoms with Crippen LogP contribution >= 0.6 is 7.82 Å². The van der Waals surface area contributed by atoms with Crippen molar-refractivity contribution in [3.8, 4) is 0 Å². The summed E-state index contributed by atoms with van der Waals surface area (Å²) in [6.45, 7) is 6.77. The lowest BCUT2D eigenvalue weighted by Gasteiger charge is -2.27. The van der Waals surface area contributed by atoms with Crippen molar-refractivity contribution in [2.75, 3.05) is 40.9 Å². The molecule has 0 saturated carbocycles. The number of amides is 1. The van der Waals surface area contributed by atoms with Crippen LogP contribution in [0.1, 0.15) is 284 Å². The number of hydrogen-bond acceptors (Lipinski definition) is 6. The lowest BCUT2D eigenvalue weighted by atomic mass is 10.0. The number of phosphoric ester groups is 1. The van der Waals surface area contributed by atoms with E-state index in [0.29, 0.717) is 23.9 Å². The van der Waals surface area contributed by atoms with Crippen molar-refractivity contribution in [1.29, 1.82) is 0 Å². The monoisotopic (exact) mass is 1220 g/mol. The van der Waals surface area contributed by atoms with Crippen molar-refractivity contribution < 1.29 is 37.3 Å². The molecule has 3 atom stereocenters. The van der Waals surface area contributed by atoms with Crippen LogP contribution in [0.15, 0.2) is 134 Å². The largest absolute Gasteiger partial charge is 0.472 e. The Morgan fingerprint density at radius 1 is 0.419 bits per heavy atom. The molecule has 0 radical (unpaired) electrons. The van der Waals surface area contributed by atoms with Crippen LogP contribution in [-0.4, -0.2) is 74.3 Å². The lowest BCUT2D eigenvalue weighted by Crippen LogP contribution is -2.47. The summed E-state index contributed by atoms with van der Waals surface area (Å²) in [5.74, 6) is -0.535. The summed E-state index contributed by atoms with van der Waals surface area (Å²) >= 11 is 0. The molecule has 0 aliphatic heterocycles. The van der Waals surface area contributed by atoms with Gasteiger partial charge in [-0.2, -0.15) is 0 Å². The van der Waals surface area contributed by atoms with Crippen molar-refractivity contribution in [3.05, 3.63) is 134 Å². The van der Waals surface area contributed by atoms with E-state index in [-0.39, 0.29) is 31.5 Å². The molecule has 492 valence electrons. The van der Waals surface area contributed by atoms with Gasteiger partial charge in [0.15, 0.2) is 0 Å². The summed E-state index contributed by atoms with van der Waals surface area (Å²) in [6.07, 6.45) is 91.7. The number of phosphoric acid groups is 1. The van der Waals surface area contributed by atoms with Crippen LogP contribution < -0.4 is 5.32 Å². The van der Waals surface area contributed by atoms with Crippen molar-refractivity contribution in [2.24, 2.45) is 0 Å². The van der Waals surface area contributed by atoms with Gasteiger partial charge in [0, 0.05) is 12.8 Å². The van der Waals surface area contributed by atoms with Crippen LogP contribution in [-0.2, 0) is 27.9 Å². The van der Waals surface area contributed by atoms with Gasteiger partial charge in [0.1, 0.15) is 19.3 Å². The van der Waals surface area contributed by atoms with Crippen molar-refractivity contribution in [1.82, 2.24) is 5.32 Å². The lowest BCUT2D eigenvalue weighted by molar-refractivity contribution is -0.870. The number of hydrogen-bond donors (Lipinski definition) is 2. The third-order valence-electron chi connectivity index (χ3n) is 14.8. The first-order valence-corrected chi connectivity index (χ1v) is 36.5. The third-order valence-corrected chi connectivity index (χ3v) is 15.8. The Labute approximate surface area is 530 Å². The molecule has 0 heterocycles. The van der Waals surface area contributed by atoms with Gasteiger partial charge in [0.2, 0.25) is 5.91 Å². The second-order valence-corrected chi connectivity index (χ2v) is 25.7. The molecule has 0 rings (SSSR count). The van der Waals surface area contributed by atoms with Gasteiger partial charge in [-0.05, 0) is 122 Å². The van der Waals surface area contributed by atoms with Gasteiger partial charge in [-0.1, -0.05) is 283 Å². The standard InChI is InChI=1S/C76H131N2O7P/c1-7-10-13-16-19-22-25-28-30-32-34-36-37-38-39-40-41-43-44-46-48-50-53-56-59-62-65-68-75(79)77-73(72-84-86(81,82)83-71-70-78(4,5)6)74(67-64-61-58-55-52-27-24-21-18-15-12-9-3)85-76(80)69-66-63-60-57-54-51-49-47-45-42-35-33-31-29-26-23-20-17-14-11-8-2/h10-11,13-14,19-20,22-23,28-31,34-36,38-39,42,47,49,64,67,73-74H,7-9,12,15-18,21,24-27,32-33,37,40-41,43-46,48,50-63,65-66,68-72H2,1-6H3,(H-,77,79,81,82)/p+1/b13-10-,14-11-,22-19-,23-20-,30-28-,31-29-,36-34-,39-38-,42-35-,49-47-,67-64-. The number of nitrogens with one attached hydrogen (secondary N) is 1. The molecular formula is C76H132N2O7P+. The van der Waals surface area contributed by atoms with Crippen LogP contribution in [0.25, 0.3) is 0 Å². The summed E-state index contributed by atoms with van der Waals surface area (Å²) in [7, 11) is 1.47. The Bertz CT molecular complexity index is 1930. The molecule has 0 fully saturated rings. The summed E-state index contributed by atoms with van der Waals surface area (Å²) in [5, 5.41) is 3.06. The normalized spacial score (nSPS) is 14.4. The third kappa shape index (κ3) is 64.6. The maximum atomic E-state index is 13.6. The molecular weight excluding hydrogens is 1080 g/mol. The van der Waals surface area contributed by atoms with Gasteiger partial charge in [0.25, 0.3) is 0 Å². The van der Waals surface area contributed by atoms with Crippen molar-refractivity contribution >= 4 is 19.7 Å². The average Bonchev–Trinajstić information content (AvgIpc) is 3.67. The first-order valence-electron chi connectivity index (χ1n) is 35.0. The van der Waals surface area contributed by atoms with E-state index in [4.69, 9.17) is 13.8 Å². The Morgan fingerprint density at radius 3 is 1.12 bits per heavy atom. The molecule has 2 N–H and O–H groups in total. The zero-order chi connectivity index (χ0) is 62.8. The van der Waals surface area contributed by atoms with Crippen LogP contribution in [0.2, 0.25) is 0 Å². The maximum absolute atomic E-state index is 13.6. The van der Waals surface area contributed by atoms with E-state index in [1.807, 2.05) is 33.3 Å². The highest BCUT2D eigenvalue weighted by atomic mass is 31.2. The minimum absolute atomic E-state index is 0.0296. The number of ether oxygens (including phenoxy) is 1. The predicted molar refractivity (Wildman–Crippen MR) is 373 cm³/mol. The average molecular weight is 1220 g/mol. The fourth-order valence-electron chi connectivity index (χ4n) is 9.52. The molecule has 0 aromatic heterocycles. The van der Waals surface area contributed by atoms with Gasteiger partial charge < -0.3 is 19.4 Å². The Morgan fingerprint density at radius 2 is 0.744 bits per heavy atom. The van der Waals surface area contributed by atoms with Crippen LogP contribution in [0, 0.1) is 0 Å². The number of nitrogens with zero attached hydrogens (tertiary/aromatic N) is 1. The molecule has 0 bridgehead atoms. The van der Waals surface area contributed by atoms with E-state index in [1.54, 1.807) is 0 Å². The molecule has 0 saturated heterocycles. The van der Waals surface area contributed by atoms with Gasteiger partial charge >= 0.3 is 13.8 Å².